The summed E-state index contributed by atoms with van der Waals surface area (Å²) in [6.07, 6.45) is 3.70. The number of ether oxygens (including phenoxy) is 1. The quantitative estimate of drug-likeness (QED) is 0.650. The first-order valence-corrected chi connectivity index (χ1v) is 5.18. The molecule has 0 aromatic rings. The van der Waals surface area contributed by atoms with Crippen molar-refractivity contribution < 1.29 is 9.53 Å². The van der Waals surface area contributed by atoms with Crippen LogP contribution < -0.4 is 5.32 Å². The number of aldehydes is 1. The van der Waals surface area contributed by atoms with E-state index < -0.39 is 0 Å². The second-order valence-corrected chi connectivity index (χ2v) is 4.16. The Morgan fingerprint density at radius 3 is 3.31 bits per heavy atom. The molecule has 0 amide bonds. The van der Waals surface area contributed by atoms with Crippen LogP contribution in [0.5, 0.6) is 0 Å². The summed E-state index contributed by atoms with van der Waals surface area (Å²) in [6, 6.07) is 0. The Morgan fingerprint density at radius 1 is 1.77 bits per heavy atom. The van der Waals surface area contributed by atoms with Crippen LogP contribution in [-0.2, 0) is 9.53 Å². The number of hydrogen-bond donors (Lipinski definition) is 1. The Kier molecular flexibility index (Phi) is 2.87. The van der Waals surface area contributed by atoms with Gasteiger partial charge in [0, 0.05) is 19.4 Å². The maximum absolute atomic E-state index is 10.5. The molecule has 2 heterocycles. The Labute approximate surface area is 81.3 Å². The lowest BCUT2D eigenvalue weighted by atomic mass is 10.4. The summed E-state index contributed by atoms with van der Waals surface area (Å²) in [5.74, 6) is 0. The first kappa shape index (κ1) is 9.05. The highest BCUT2D eigenvalue weighted by Gasteiger charge is 2.25. The summed E-state index contributed by atoms with van der Waals surface area (Å²) in [6.45, 7) is 2.54. The van der Waals surface area contributed by atoms with Gasteiger partial charge in [-0.3, -0.25) is 9.69 Å². The molecule has 0 aromatic heterocycles. The van der Waals surface area contributed by atoms with E-state index in [1.54, 1.807) is 18.0 Å². The fraction of sp³-hybridized carbons (Fsp3) is 0.625. The maximum atomic E-state index is 10.5. The average molecular weight is 200 g/mol. The minimum atomic E-state index is 0.181. The Morgan fingerprint density at radius 2 is 2.69 bits per heavy atom. The van der Waals surface area contributed by atoms with Crippen LogP contribution in [0, 0.1) is 0 Å². The van der Waals surface area contributed by atoms with Crippen LogP contribution in [0.25, 0.3) is 0 Å². The van der Waals surface area contributed by atoms with E-state index in [4.69, 9.17) is 4.74 Å². The summed E-state index contributed by atoms with van der Waals surface area (Å²) in [5.41, 5.74) is 0.181. The smallest absolute Gasteiger partial charge is 0.157 e. The molecule has 2 aliphatic rings. The lowest BCUT2D eigenvalue weighted by molar-refractivity contribution is -0.104. The molecule has 0 spiro atoms. The van der Waals surface area contributed by atoms with Crippen molar-refractivity contribution in [2.45, 2.75) is 11.9 Å². The van der Waals surface area contributed by atoms with Crippen LogP contribution in [0.4, 0.5) is 0 Å². The lowest BCUT2D eigenvalue weighted by Gasteiger charge is -2.31. The minimum absolute atomic E-state index is 0.181. The second kappa shape index (κ2) is 4.13. The molecule has 0 saturated carbocycles. The molecule has 5 heteroatoms. The molecule has 0 aliphatic carbocycles. The van der Waals surface area contributed by atoms with Crippen LogP contribution in [-0.4, -0.2) is 36.6 Å². The Hall–Kier alpha value is -0.520. The van der Waals surface area contributed by atoms with Crippen molar-refractivity contribution in [3.63, 3.8) is 0 Å². The van der Waals surface area contributed by atoms with Crippen LogP contribution in [0.1, 0.15) is 6.42 Å². The highest BCUT2D eigenvalue weighted by Crippen LogP contribution is 2.26. The molecule has 0 bridgehead atoms. The van der Waals surface area contributed by atoms with E-state index in [1.807, 2.05) is 0 Å². The maximum Gasteiger partial charge on any atom is 0.157 e. The third kappa shape index (κ3) is 2.04. The largest absolute Gasteiger partial charge is 0.366 e. The van der Waals surface area contributed by atoms with E-state index in [-0.39, 0.29) is 5.50 Å². The van der Waals surface area contributed by atoms with Gasteiger partial charge in [0.1, 0.15) is 12.2 Å². The molecule has 0 aromatic carbocycles. The highest BCUT2D eigenvalue weighted by molar-refractivity contribution is 8.04. The molecule has 1 fully saturated rings. The van der Waals surface area contributed by atoms with Gasteiger partial charge in [-0.25, -0.2) is 0 Å². The van der Waals surface area contributed by atoms with Gasteiger partial charge in [0.25, 0.3) is 0 Å². The Bertz CT molecular complexity index is 226. The number of thioether (sulfide) groups is 1. The zero-order valence-corrected chi connectivity index (χ0v) is 8.05. The molecular formula is C8H12N2O2S. The number of rotatable bonds is 2. The van der Waals surface area contributed by atoms with E-state index in [0.717, 1.165) is 30.8 Å². The summed E-state index contributed by atoms with van der Waals surface area (Å²) >= 11 is 1.55. The fourth-order valence-corrected chi connectivity index (χ4v) is 2.29. The van der Waals surface area contributed by atoms with Gasteiger partial charge < -0.3 is 10.1 Å². The SMILES string of the molecule is O=CC1=CNC(N2CCCOC2)S1. The third-order valence-corrected chi connectivity index (χ3v) is 3.20. The summed E-state index contributed by atoms with van der Waals surface area (Å²) in [5, 5.41) is 3.14. The molecular weight excluding hydrogens is 188 g/mol. The van der Waals surface area contributed by atoms with Gasteiger partial charge in [-0.1, -0.05) is 11.8 Å². The van der Waals surface area contributed by atoms with E-state index >= 15 is 0 Å². The Balaban J connectivity index is 1.86. The molecule has 1 N–H and O–H groups in total. The minimum Gasteiger partial charge on any atom is -0.366 e. The standard InChI is InChI=1S/C8H12N2O2S/c11-5-7-4-9-8(13-7)10-2-1-3-12-6-10/h4-5,8-9H,1-3,6H2. The number of carbonyl (C=O) groups is 1. The predicted molar refractivity (Wildman–Crippen MR) is 50.8 cm³/mol. The number of nitrogens with one attached hydrogen (secondary N) is 1. The van der Waals surface area contributed by atoms with E-state index in [0.29, 0.717) is 6.73 Å². The lowest BCUT2D eigenvalue weighted by Crippen LogP contribution is -2.44. The highest BCUT2D eigenvalue weighted by atomic mass is 32.2. The second-order valence-electron chi connectivity index (χ2n) is 3.00. The summed E-state index contributed by atoms with van der Waals surface area (Å²) < 4.78 is 5.32. The van der Waals surface area contributed by atoms with Crippen LogP contribution in [0.3, 0.4) is 0 Å². The van der Waals surface area contributed by atoms with Crippen LogP contribution in [0.2, 0.25) is 0 Å². The normalized spacial score (nSPS) is 29.5. The molecule has 2 aliphatic heterocycles. The van der Waals surface area contributed by atoms with Gasteiger partial charge in [0.2, 0.25) is 0 Å². The van der Waals surface area contributed by atoms with Crippen molar-refractivity contribution in [3.05, 3.63) is 11.1 Å². The predicted octanol–water partition coefficient (Wildman–Crippen LogP) is 0.327. The first-order chi connectivity index (χ1) is 6.40. The molecule has 1 saturated heterocycles. The number of hydrogen-bond acceptors (Lipinski definition) is 5. The van der Waals surface area contributed by atoms with Crippen molar-refractivity contribution in [2.75, 3.05) is 19.9 Å². The average Bonchev–Trinajstić information content (AvgIpc) is 2.67. The monoisotopic (exact) mass is 200 g/mol. The molecule has 1 unspecified atom stereocenters. The van der Waals surface area contributed by atoms with Crippen molar-refractivity contribution in [2.24, 2.45) is 0 Å². The van der Waals surface area contributed by atoms with E-state index in [2.05, 4.69) is 10.2 Å². The molecule has 72 valence electrons. The van der Waals surface area contributed by atoms with E-state index in [9.17, 15) is 4.79 Å². The summed E-state index contributed by atoms with van der Waals surface area (Å²) in [7, 11) is 0. The fourth-order valence-electron chi connectivity index (χ4n) is 1.39. The molecule has 13 heavy (non-hydrogen) atoms. The van der Waals surface area contributed by atoms with Gasteiger partial charge in [-0.15, -0.1) is 0 Å². The molecule has 2 rings (SSSR count). The van der Waals surface area contributed by atoms with Gasteiger partial charge in [-0.05, 0) is 6.42 Å². The topological polar surface area (TPSA) is 41.6 Å². The van der Waals surface area contributed by atoms with Crippen LogP contribution in [0.15, 0.2) is 11.1 Å². The first-order valence-electron chi connectivity index (χ1n) is 4.30. The van der Waals surface area contributed by atoms with Gasteiger partial charge in [0.15, 0.2) is 6.29 Å². The van der Waals surface area contributed by atoms with Crippen molar-refractivity contribution >= 4 is 18.0 Å². The van der Waals surface area contributed by atoms with Crippen molar-refractivity contribution in [1.29, 1.82) is 0 Å². The number of nitrogens with zero attached hydrogens (tertiary/aromatic N) is 1. The molecule has 4 nitrogen and oxygen atoms in total. The zero-order chi connectivity index (χ0) is 9.10. The van der Waals surface area contributed by atoms with Gasteiger partial charge in [-0.2, -0.15) is 0 Å². The molecule has 1 atom stereocenters. The zero-order valence-electron chi connectivity index (χ0n) is 7.23. The van der Waals surface area contributed by atoms with Gasteiger partial charge in [0.05, 0.1) is 4.91 Å². The van der Waals surface area contributed by atoms with Crippen LogP contribution >= 0.6 is 11.8 Å². The number of carbonyl (C=O) groups excluding carboxylic acids is 1. The van der Waals surface area contributed by atoms with Crippen molar-refractivity contribution in [3.8, 4) is 0 Å². The molecule has 0 radical (unpaired) electrons. The summed E-state index contributed by atoms with van der Waals surface area (Å²) in [4.78, 5) is 13.4. The number of allylic oxidation sites excluding steroid dienone is 1. The van der Waals surface area contributed by atoms with Gasteiger partial charge >= 0.3 is 0 Å². The van der Waals surface area contributed by atoms with Crippen molar-refractivity contribution in [1.82, 2.24) is 10.2 Å². The van der Waals surface area contributed by atoms with E-state index in [1.165, 1.54) is 0 Å². The third-order valence-electron chi connectivity index (χ3n) is 2.05.